The highest BCUT2D eigenvalue weighted by Crippen LogP contribution is 2.40. The first kappa shape index (κ1) is 7.76. The van der Waals surface area contributed by atoms with E-state index in [9.17, 15) is 0 Å². The number of nitrogens with zero attached hydrogens (tertiary/aromatic N) is 5. The quantitative estimate of drug-likeness (QED) is 0.374. The van der Waals surface area contributed by atoms with Gasteiger partial charge in [0.05, 0.1) is 0 Å². The molecule has 0 aromatic heterocycles. The third-order valence-corrected chi connectivity index (χ3v) is 1.91. The second-order valence-corrected chi connectivity index (χ2v) is 2.89. The molecule has 1 aliphatic heterocycles. The van der Waals surface area contributed by atoms with Crippen LogP contribution in [0.2, 0.25) is 0 Å². The lowest BCUT2D eigenvalue weighted by atomic mass is 10.1. The summed E-state index contributed by atoms with van der Waals surface area (Å²) in [4.78, 5) is 2.71. The van der Waals surface area contributed by atoms with Crippen molar-refractivity contribution in [3.05, 3.63) is 45.8 Å². The zero-order chi connectivity index (χ0) is 9.31. The first-order chi connectivity index (χ1) is 6.27. The molecule has 0 N–H and O–H groups in total. The second kappa shape index (κ2) is 2.57. The van der Waals surface area contributed by atoms with Crippen LogP contribution in [0.3, 0.4) is 0 Å². The summed E-state index contributed by atoms with van der Waals surface area (Å²) in [7, 11) is 0. The lowest BCUT2D eigenvalue weighted by molar-refractivity contribution is 0.678. The molecule has 0 amide bonds. The summed E-state index contributed by atoms with van der Waals surface area (Å²) in [5, 5.41) is 11.0. The molecule has 1 aromatic carbocycles. The van der Waals surface area contributed by atoms with Gasteiger partial charge in [0.2, 0.25) is 0 Å². The van der Waals surface area contributed by atoms with Crippen molar-refractivity contribution in [1.29, 1.82) is 0 Å². The van der Waals surface area contributed by atoms with E-state index in [0.717, 1.165) is 11.1 Å². The highest BCUT2D eigenvalue weighted by atomic mass is 15.6. The standard InChI is InChI=1S/C8H7N5/c1-6-2-4-7(5-3-6)8(10-11-8)12-13-9/h2-5H,1H3. The van der Waals surface area contributed by atoms with Crippen molar-refractivity contribution in [2.75, 3.05) is 0 Å². The molecule has 2 rings (SSSR count). The highest BCUT2D eigenvalue weighted by molar-refractivity contribution is 5.29. The Morgan fingerprint density at radius 1 is 1.31 bits per heavy atom. The van der Waals surface area contributed by atoms with Gasteiger partial charge in [-0.15, -0.1) is 10.2 Å². The molecular weight excluding hydrogens is 166 g/mol. The zero-order valence-corrected chi connectivity index (χ0v) is 7.05. The SMILES string of the molecule is Cc1ccc(C2(N=[N+]=[N-])N=N2)cc1. The topological polar surface area (TPSA) is 73.5 Å². The average Bonchev–Trinajstić information content (AvgIpc) is 2.87. The molecule has 0 radical (unpaired) electrons. The molecule has 13 heavy (non-hydrogen) atoms. The lowest BCUT2D eigenvalue weighted by Gasteiger charge is -2.02. The number of benzene rings is 1. The molecule has 0 aliphatic carbocycles. The van der Waals surface area contributed by atoms with E-state index in [2.05, 4.69) is 20.3 Å². The van der Waals surface area contributed by atoms with Crippen LogP contribution in [0.4, 0.5) is 0 Å². The number of rotatable bonds is 2. The Hall–Kier alpha value is -1.87. The Labute approximate surface area is 74.7 Å². The van der Waals surface area contributed by atoms with Crippen LogP contribution >= 0.6 is 0 Å². The molecule has 1 heterocycles. The van der Waals surface area contributed by atoms with Crippen LogP contribution in [-0.2, 0) is 5.79 Å². The Bertz CT molecular complexity index is 393. The van der Waals surface area contributed by atoms with Gasteiger partial charge in [-0.25, -0.2) is 0 Å². The maximum Gasteiger partial charge on any atom is 0.293 e. The smallest absolute Gasteiger partial charge is 0.147 e. The molecule has 1 aliphatic rings. The minimum absolute atomic E-state index is 0.816. The van der Waals surface area contributed by atoms with E-state index in [1.54, 1.807) is 0 Å². The van der Waals surface area contributed by atoms with Crippen LogP contribution in [0, 0.1) is 6.92 Å². The highest BCUT2D eigenvalue weighted by Gasteiger charge is 2.41. The van der Waals surface area contributed by atoms with E-state index in [1.807, 2.05) is 31.2 Å². The number of aryl methyl sites for hydroxylation is 1. The van der Waals surface area contributed by atoms with Crippen molar-refractivity contribution in [3.63, 3.8) is 0 Å². The largest absolute Gasteiger partial charge is 0.293 e. The number of hydrogen-bond donors (Lipinski definition) is 0. The van der Waals surface area contributed by atoms with E-state index in [0.29, 0.717) is 0 Å². The van der Waals surface area contributed by atoms with E-state index in [1.165, 1.54) is 0 Å². The minimum Gasteiger partial charge on any atom is -0.147 e. The Balaban J connectivity index is 2.36. The summed E-state index contributed by atoms with van der Waals surface area (Å²) in [5.74, 6) is -0.956. The van der Waals surface area contributed by atoms with Crippen molar-refractivity contribution in [3.8, 4) is 0 Å². The van der Waals surface area contributed by atoms with Crippen molar-refractivity contribution in [2.24, 2.45) is 15.3 Å². The van der Waals surface area contributed by atoms with Gasteiger partial charge in [-0.05, 0) is 17.6 Å². The molecule has 0 bridgehead atoms. The van der Waals surface area contributed by atoms with Crippen LogP contribution < -0.4 is 0 Å². The van der Waals surface area contributed by atoms with Gasteiger partial charge < -0.3 is 0 Å². The summed E-state index contributed by atoms with van der Waals surface area (Å²) in [6.45, 7) is 1.99. The molecule has 5 nitrogen and oxygen atoms in total. The van der Waals surface area contributed by atoms with E-state index in [4.69, 9.17) is 5.53 Å². The first-order valence-corrected chi connectivity index (χ1v) is 3.84. The Morgan fingerprint density at radius 3 is 2.38 bits per heavy atom. The van der Waals surface area contributed by atoms with Gasteiger partial charge in [-0.1, -0.05) is 29.8 Å². The molecule has 1 aromatic rings. The predicted molar refractivity (Wildman–Crippen MR) is 46.9 cm³/mol. The molecule has 0 unspecified atom stereocenters. The average molecular weight is 173 g/mol. The van der Waals surface area contributed by atoms with Crippen LogP contribution in [0.15, 0.2) is 39.6 Å². The fourth-order valence-electron chi connectivity index (χ4n) is 1.10. The molecule has 0 fully saturated rings. The maximum atomic E-state index is 8.30. The third kappa shape index (κ3) is 1.25. The molecule has 0 atom stereocenters. The van der Waals surface area contributed by atoms with Gasteiger partial charge in [-0.3, -0.25) is 0 Å². The first-order valence-electron chi connectivity index (χ1n) is 3.84. The fourth-order valence-corrected chi connectivity index (χ4v) is 1.10. The second-order valence-electron chi connectivity index (χ2n) is 2.89. The van der Waals surface area contributed by atoms with E-state index in [-0.39, 0.29) is 0 Å². The van der Waals surface area contributed by atoms with Crippen LogP contribution in [0.25, 0.3) is 10.4 Å². The van der Waals surface area contributed by atoms with Gasteiger partial charge in [-0.2, -0.15) is 0 Å². The van der Waals surface area contributed by atoms with Gasteiger partial charge in [0.25, 0.3) is 5.79 Å². The fraction of sp³-hybridized carbons (Fsp3) is 0.250. The lowest BCUT2D eigenvalue weighted by Crippen LogP contribution is -2.02. The Kier molecular flexibility index (Phi) is 1.53. The summed E-state index contributed by atoms with van der Waals surface area (Å²) in [6, 6.07) is 7.61. The molecule has 0 saturated heterocycles. The summed E-state index contributed by atoms with van der Waals surface area (Å²) >= 11 is 0. The molecular formula is C8H7N5. The summed E-state index contributed by atoms with van der Waals surface area (Å²) in [6.07, 6.45) is 0. The number of hydrogen-bond acceptors (Lipinski definition) is 3. The Morgan fingerprint density at radius 2 is 1.92 bits per heavy atom. The molecule has 5 heteroatoms. The molecule has 64 valence electrons. The van der Waals surface area contributed by atoms with Crippen molar-refractivity contribution in [2.45, 2.75) is 12.7 Å². The van der Waals surface area contributed by atoms with E-state index < -0.39 is 5.79 Å². The van der Waals surface area contributed by atoms with Gasteiger partial charge in [0, 0.05) is 10.5 Å². The number of azide groups is 1. The van der Waals surface area contributed by atoms with Gasteiger partial charge in [0.1, 0.15) is 0 Å². The summed E-state index contributed by atoms with van der Waals surface area (Å²) in [5.41, 5.74) is 10.3. The van der Waals surface area contributed by atoms with Gasteiger partial charge in [0.15, 0.2) is 0 Å². The monoisotopic (exact) mass is 173 g/mol. The van der Waals surface area contributed by atoms with Gasteiger partial charge >= 0.3 is 0 Å². The van der Waals surface area contributed by atoms with Crippen LogP contribution in [0.1, 0.15) is 11.1 Å². The van der Waals surface area contributed by atoms with Crippen molar-refractivity contribution < 1.29 is 0 Å². The van der Waals surface area contributed by atoms with Crippen molar-refractivity contribution >= 4 is 0 Å². The molecule has 0 saturated carbocycles. The summed E-state index contributed by atoms with van der Waals surface area (Å²) < 4.78 is 0. The van der Waals surface area contributed by atoms with Crippen LogP contribution in [-0.4, -0.2) is 0 Å². The predicted octanol–water partition coefficient (Wildman–Crippen LogP) is 2.88. The zero-order valence-electron chi connectivity index (χ0n) is 7.05. The molecule has 0 spiro atoms. The maximum absolute atomic E-state index is 8.30. The van der Waals surface area contributed by atoms with E-state index >= 15 is 0 Å². The normalized spacial score (nSPS) is 16.4. The van der Waals surface area contributed by atoms with Crippen molar-refractivity contribution in [1.82, 2.24) is 0 Å². The third-order valence-electron chi connectivity index (χ3n) is 1.91. The van der Waals surface area contributed by atoms with Crippen LogP contribution in [0.5, 0.6) is 0 Å². The minimum atomic E-state index is -0.956.